The molecule has 1 heterocycles. The van der Waals surface area contributed by atoms with E-state index < -0.39 is 0 Å². The monoisotopic (exact) mass is 366 g/mol. The fourth-order valence-corrected chi connectivity index (χ4v) is 2.53. The Kier molecular flexibility index (Phi) is 5.69. The van der Waals surface area contributed by atoms with Crippen LogP contribution in [0.4, 0.5) is 5.69 Å². The second-order valence-electron chi connectivity index (χ2n) is 4.14. The molecule has 0 spiro atoms. The van der Waals surface area contributed by atoms with Gasteiger partial charge in [-0.2, -0.15) is 0 Å². The summed E-state index contributed by atoms with van der Waals surface area (Å²) in [4.78, 5) is 11.9. The molecule has 3 nitrogen and oxygen atoms in total. The smallest absolute Gasteiger partial charge is 0.228 e. The van der Waals surface area contributed by atoms with Crippen molar-refractivity contribution in [3.63, 3.8) is 0 Å². The van der Waals surface area contributed by atoms with E-state index in [0.717, 1.165) is 30.8 Å². The van der Waals surface area contributed by atoms with E-state index in [1.807, 2.05) is 19.1 Å². The van der Waals surface area contributed by atoms with Crippen molar-refractivity contribution in [1.82, 2.24) is 5.32 Å². The molecule has 1 unspecified atom stereocenters. The molecule has 17 heavy (non-hydrogen) atoms. The summed E-state index contributed by atoms with van der Waals surface area (Å²) in [5, 5.41) is 6.20. The molecule has 1 aromatic carbocycles. The summed E-state index contributed by atoms with van der Waals surface area (Å²) < 4.78 is 1.19. The maximum absolute atomic E-state index is 11.9. The van der Waals surface area contributed by atoms with Crippen LogP contribution in [0.5, 0.6) is 0 Å². The van der Waals surface area contributed by atoms with Gasteiger partial charge in [0.15, 0.2) is 0 Å². The largest absolute Gasteiger partial charge is 0.326 e. The Hall–Kier alpha value is -0.330. The second kappa shape index (κ2) is 6.56. The number of benzene rings is 1. The topological polar surface area (TPSA) is 41.1 Å². The summed E-state index contributed by atoms with van der Waals surface area (Å²) in [7, 11) is 0. The van der Waals surface area contributed by atoms with Crippen LogP contribution in [0.3, 0.4) is 0 Å². The van der Waals surface area contributed by atoms with E-state index in [1.54, 1.807) is 0 Å². The van der Waals surface area contributed by atoms with Crippen LogP contribution in [0.2, 0.25) is 0 Å². The normalized spacial score (nSPS) is 18.6. The summed E-state index contributed by atoms with van der Waals surface area (Å²) >= 11 is 2.27. The highest BCUT2D eigenvalue weighted by Crippen LogP contribution is 2.19. The van der Waals surface area contributed by atoms with Gasteiger partial charge in [0.25, 0.3) is 0 Å². The molecule has 1 fully saturated rings. The first-order valence-corrected chi connectivity index (χ1v) is 6.52. The van der Waals surface area contributed by atoms with E-state index in [0.29, 0.717) is 0 Å². The van der Waals surface area contributed by atoms with E-state index in [1.165, 1.54) is 3.57 Å². The molecule has 0 aromatic heterocycles. The molecule has 1 atom stereocenters. The van der Waals surface area contributed by atoms with Crippen molar-refractivity contribution in [2.24, 2.45) is 5.92 Å². The number of rotatable bonds is 2. The van der Waals surface area contributed by atoms with Crippen molar-refractivity contribution >= 4 is 46.6 Å². The second-order valence-corrected chi connectivity index (χ2v) is 5.38. The summed E-state index contributed by atoms with van der Waals surface area (Å²) in [5.41, 5.74) is 2.04. The minimum Gasteiger partial charge on any atom is -0.326 e. The van der Waals surface area contributed by atoms with Crippen LogP contribution in [0.1, 0.15) is 12.0 Å². The van der Waals surface area contributed by atoms with Gasteiger partial charge >= 0.3 is 0 Å². The molecule has 0 bridgehead atoms. The molecular formula is C12H16ClIN2O. The van der Waals surface area contributed by atoms with Crippen molar-refractivity contribution in [2.75, 3.05) is 18.4 Å². The average molecular weight is 367 g/mol. The van der Waals surface area contributed by atoms with Crippen LogP contribution in [0, 0.1) is 16.4 Å². The predicted octanol–water partition coefficient (Wildman–Crippen LogP) is 2.57. The standard InChI is InChI=1S/C12H15IN2O.ClH/c1-8-6-10(13)2-3-11(8)15-12(16)9-4-5-14-7-9;/h2-3,6,9,14H,4-5,7H2,1H3,(H,15,16);1H. The van der Waals surface area contributed by atoms with Gasteiger partial charge in [-0.1, -0.05) is 0 Å². The molecule has 94 valence electrons. The Balaban J connectivity index is 0.00000144. The zero-order valence-electron chi connectivity index (χ0n) is 9.63. The lowest BCUT2D eigenvalue weighted by atomic mass is 10.1. The van der Waals surface area contributed by atoms with Gasteiger partial charge in [-0.15, -0.1) is 12.4 Å². The molecule has 1 aliphatic heterocycles. The number of aryl methyl sites for hydroxylation is 1. The van der Waals surface area contributed by atoms with E-state index in [2.05, 4.69) is 39.3 Å². The predicted molar refractivity (Wildman–Crippen MR) is 80.8 cm³/mol. The number of amides is 1. The molecule has 2 N–H and O–H groups in total. The van der Waals surface area contributed by atoms with E-state index in [4.69, 9.17) is 0 Å². The zero-order chi connectivity index (χ0) is 11.5. The number of nitrogens with one attached hydrogen (secondary N) is 2. The molecule has 5 heteroatoms. The first-order chi connectivity index (χ1) is 7.66. The lowest BCUT2D eigenvalue weighted by Gasteiger charge is -2.12. The van der Waals surface area contributed by atoms with Crippen LogP contribution in [0.25, 0.3) is 0 Å². The quantitative estimate of drug-likeness (QED) is 0.790. The van der Waals surface area contributed by atoms with Gasteiger partial charge < -0.3 is 10.6 Å². The van der Waals surface area contributed by atoms with Gasteiger partial charge in [-0.3, -0.25) is 4.79 Å². The van der Waals surface area contributed by atoms with Crippen LogP contribution in [0.15, 0.2) is 18.2 Å². The highest BCUT2D eigenvalue weighted by Gasteiger charge is 2.22. The van der Waals surface area contributed by atoms with Gasteiger partial charge in [0.2, 0.25) is 5.91 Å². The third-order valence-corrected chi connectivity index (χ3v) is 3.55. The van der Waals surface area contributed by atoms with Crippen LogP contribution in [-0.4, -0.2) is 19.0 Å². The van der Waals surface area contributed by atoms with Crippen molar-refractivity contribution < 1.29 is 4.79 Å². The highest BCUT2D eigenvalue weighted by molar-refractivity contribution is 14.1. The molecule has 0 saturated carbocycles. The Morgan fingerprint density at radius 3 is 2.88 bits per heavy atom. The van der Waals surface area contributed by atoms with Crippen molar-refractivity contribution in [3.8, 4) is 0 Å². The van der Waals surface area contributed by atoms with Gasteiger partial charge in [-0.25, -0.2) is 0 Å². The summed E-state index contributed by atoms with van der Waals surface area (Å²) in [5.74, 6) is 0.257. The molecule has 1 aromatic rings. The summed E-state index contributed by atoms with van der Waals surface area (Å²) in [6, 6.07) is 6.05. The molecular weight excluding hydrogens is 351 g/mol. The molecule has 0 radical (unpaired) electrons. The van der Waals surface area contributed by atoms with Gasteiger partial charge in [0, 0.05) is 15.8 Å². The van der Waals surface area contributed by atoms with Gasteiger partial charge in [0.05, 0.1) is 5.92 Å². The Morgan fingerprint density at radius 1 is 1.53 bits per heavy atom. The number of hydrogen-bond acceptors (Lipinski definition) is 2. The van der Waals surface area contributed by atoms with Crippen molar-refractivity contribution in [2.45, 2.75) is 13.3 Å². The lowest BCUT2D eigenvalue weighted by Crippen LogP contribution is -2.24. The molecule has 1 amide bonds. The average Bonchev–Trinajstić information content (AvgIpc) is 2.75. The third-order valence-electron chi connectivity index (χ3n) is 2.88. The third kappa shape index (κ3) is 3.82. The Labute approximate surface area is 121 Å². The molecule has 1 aliphatic rings. The SMILES string of the molecule is Cc1cc(I)ccc1NC(=O)C1CCNC1.Cl. The number of anilines is 1. The van der Waals surface area contributed by atoms with Crippen LogP contribution in [-0.2, 0) is 4.79 Å². The first kappa shape index (κ1) is 14.7. The van der Waals surface area contributed by atoms with Gasteiger partial charge in [0.1, 0.15) is 0 Å². The first-order valence-electron chi connectivity index (χ1n) is 5.44. The van der Waals surface area contributed by atoms with E-state index in [9.17, 15) is 4.79 Å². The number of halogens is 2. The van der Waals surface area contributed by atoms with Crippen LogP contribution < -0.4 is 10.6 Å². The van der Waals surface area contributed by atoms with Crippen LogP contribution >= 0.6 is 35.0 Å². The molecule has 2 rings (SSSR count). The Bertz CT molecular complexity index is 405. The van der Waals surface area contributed by atoms with E-state index in [-0.39, 0.29) is 24.2 Å². The lowest BCUT2D eigenvalue weighted by molar-refractivity contribution is -0.119. The number of carbonyl (C=O) groups excluding carboxylic acids is 1. The minimum absolute atomic E-state index is 0. The van der Waals surface area contributed by atoms with E-state index >= 15 is 0 Å². The summed E-state index contributed by atoms with van der Waals surface area (Å²) in [6.07, 6.45) is 0.940. The maximum Gasteiger partial charge on any atom is 0.228 e. The van der Waals surface area contributed by atoms with Crippen molar-refractivity contribution in [3.05, 3.63) is 27.3 Å². The maximum atomic E-state index is 11.9. The fourth-order valence-electron chi connectivity index (χ4n) is 1.88. The highest BCUT2D eigenvalue weighted by atomic mass is 127. The molecule has 0 aliphatic carbocycles. The zero-order valence-corrected chi connectivity index (χ0v) is 12.6. The summed E-state index contributed by atoms with van der Waals surface area (Å²) in [6.45, 7) is 3.77. The fraction of sp³-hybridized carbons (Fsp3) is 0.417. The minimum atomic E-state index is 0. The number of hydrogen-bond donors (Lipinski definition) is 2. The Morgan fingerprint density at radius 2 is 2.29 bits per heavy atom. The molecule has 1 saturated heterocycles. The number of carbonyl (C=O) groups is 1. The van der Waals surface area contributed by atoms with Gasteiger partial charge in [-0.05, 0) is 66.2 Å². The van der Waals surface area contributed by atoms with Crippen molar-refractivity contribution in [1.29, 1.82) is 0 Å².